The Balaban J connectivity index is 2.32. The fraction of sp³-hybridized carbons (Fsp3) is 0.500. The summed E-state index contributed by atoms with van der Waals surface area (Å²) in [5.74, 6) is 0. The van der Waals surface area contributed by atoms with Crippen LogP contribution in [0.2, 0.25) is 0 Å². The summed E-state index contributed by atoms with van der Waals surface area (Å²) < 4.78 is 26.9. The summed E-state index contributed by atoms with van der Waals surface area (Å²) in [6, 6.07) is 6.47. The maximum Gasteiger partial charge on any atom is 0.245 e. The Labute approximate surface area is 125 Å². The van der Waals surface area contributed by atoms with Crippen molar-refractivity contribution in [2.75, 3.05) is 32.4 Å². The monoisotopic (exact) mass is 308 g/mol. The lowest BCUT2D eigenvalue weighted by atomic mass is 10.1. The van der Waals surface area contributed by atoms with Crippen LogP contribution in [0.5, 0.6) is 0 Å². The van der Waals surface area contributed by atoms with Crippen LogP contribution in [0.1, 0.15) is 18.9 Å². The molecular weight excluding hydrogens is 288 g/mol. The summed E-state index contributed by atoms with van der Waals surface area (Å²) in [6.45, 7) is 3.67. The van der Waals surface area contributed by atoms with Crippen LogP contribution in [0.3, 0.4) is 0 Å². The van der Waals surface area contributed by atoms with E-state index in [1.54, 1.807) is 0 Å². The number of anilines is 1. The van der Waals surface area contributed by atoms with Gasteiger partial charge in [0.15, 0.2) is 0 Å². The van der Waals surface area contributed by atoms with Crippen molar-refractivity contribution in [2.45, 2.75) is 24.3 Å². The second-order valence-corrected chi connectivity index (χ2v) is 7.18. The molecular formula is C14H20N4O2S. The highest BCUT2D eigenvalue weighted by Crippen LogP contribution is 2.25. The smallest absolute Gasteiger partial charge is 0.245 e. The van der Waals surface area contributed by atoms with Gasteiger partial charge in [0.1, 0.15) is 4.90 Å². The number of nitrogens with two attached hydrogens (primary N) is 1. The standard InChI is InChI=1S/C14H20N4O2S/c1-3-12-10-18(7-6-17(12)2)21(19,20)14-5-4-11(9-15)8-13(14)16/h4-5,8,12H,3,6-7,10,16H2,1-2H3. The van der Waals surface area contributed by atoms with E-state index in [1.807, 2.05) is 20.0 Å². The molecule has 1 aliphatic heterocycles. The molecule has 2 rings (SSSR count). The van der Waals surface area contributed by atoms with Crippen molar-refractivity contribution in [1.82, 2.24) is 9.21 Å². The SMILES string of the molecule is CCC1CN(S(=O)(=O)c2ccc(C#N)cc2N)CCN1C. The van der Waals surface area contributed by atoms with Crippen LogP contribution in [0, 0.1) is 11.3 Å². The predicted molar refractivity (Wildman–Crippen MR) is 81.0 cm³/mol. The maximum absolute atomic E-state index is 12.7. The van der Waals surface area contributed by atoms with E-state index in [2.05, 4.69) is 4.90 Å². The van der Waals surface area contributed by atoms with Gasteiger partial charge < -0.3 is 10.6 Å². The first-order valence-corrected chi connectivity index (χ1v) is 8.34. The number of nitrogen functional groups attached to an aromatic ring is 1. The fourth-order valence-electron chi connectivity index (χ4n) is 2.57. The second-order valence-electron chi connectivity index (χ2n) is 5.27. The van der Waals surface area contributed by atoms with Gasteiger partial charge in [0.05, 0.1) is 17.3 Å². The molecule has 1 aliphatic rings. The first-order chi connectivity index (χ1) is 9.90. The molecule has 0 aliphatic carbocycles. The molecule has 7 heteroatoms. The number of sulfonamides is 1. The molecule has 0 aromatic heterocycles. The third-order valence-corrected chi connectivity index (χ3v) is 5.91. The van der Waals surface area contributed by atoms with Crippen molar-refractivity contribution in [3.05, 3.63) is 23.8 Å². The Morgan fingerprint density at radius 3 is 2.71 bits per heavy atom. The van der Waals surface area contributed by atoms with Gasteiger partial charge >= 0.3 is 0 Å². The summed E-state index contributed by atoms with van der Waals surface area (Å²) in [6.07, 6.45) is 0.894. The van der Waals surface area contributed by atoms with Crippen molar-refractivity contribution in [3.63, 3.8) is 0 Å². The summed E-state index contributed by atoms with van der Waals surface area (Å²) in [5, 5.41) is 8.83. The van der Waals surface area contributed by atoms with Crippen LogP contribution in [0.25, 0.3) is 0 Å². The minimum atomic E-state index is -3.61. The zero-order chi connectivity index (χ0) is 15.6. The highest BCUT2D eigenvalue weighted by Gasteiger charge is 2.32. The highest BCUT2D eigenvalue weighted by molar-refractivity contribution is 7.89. The van der Waals surface area contributed by atoms with Gasteiger partial charge in [-0.25, -0.2) is 8.42 Å². The zero-order valence-electron chi connectivity index (χ0n) is 12.3. The molecule has 1 atom stereocenters. The molecule has 1 heterocycles. The Kier molecular flexibility index (Phi) is 4.52. The maximum atomic E-state index is 12.7. The van der Waals surface area contributed by atoms with E-state index < -0.39 is 10.0 Å². The molecule has 1 aromatic carbocycles. The molecule has 21 heavy (non-hydrogen) atoms. The third-order valence-electron chi connectivity index (χ3n) is 3.97. The van der Waals surface area contributed by atoms with Gasteiger partial charge in [-0.05, 0) is 31.7 Å². The van der Waals surface area contributed by atoms with Gasteiger partial charge in [-0.15, -0.1) is 0 Å². The predicted octanol–water partition coefficient (Wildman–Crippen LogP) is 0.855. The molecule has 1 aromatic rings. The summed E-state index contributed by atoms with van der Waals surface area (Å²) in [4.78, 5) is 2.26. The number of hydrogen-bond donors (Lipinski definition) is 1. The van der Waals surface area contributed by atoms with Crippen molar-refractivity contribution < 1.29 is 8.42 Å². The number of hydrogen-bond acceptors (Lipinski definition) is 5. The first-order valence-electron chi connectivity index (χ1n) is 6.90. The van der Waals surface area contributed by atoms with E-state index in [1.165, 1.54) is 22.5 Å². The molecule has 0 radical (unpaired) electrons. The van der Waals surface area contributed by atoms with E-state index in [0.717, 1.165) is 6.42 Å². The number of nitrogens with zero attached hydrogens (tertiary/aromatic N) is 3. The van der Waals surface area contributed by atoms with Gasteiger partial charge in [-0.1, -0.05) is 6.92 Å². The van der Waals surface area contributed by atoms with Crippen LogP contribution in [0.4, 0.5) is 5.69 Å². The van der Waals surface area contributed by atoms with E-state index in [4.69, 9.17) is 11.0 Å². The van der Waals surface area contributed by atoms with Crippen molar-refractivity contribution in [3.8, 4) is 6.07 Å². The van der Waals surface area contributed by atoms with Crippen molar-refractivity contribution >= 4 is 15.7 Å². The van der Waals surface area contributed by atoms with Crippen molar-refractivity contribution in [1.29, 1.82) is 5.26 Å². The average Bonchev–Trinajstić information content (AvgIpc) is 2.47. The molecule has 6 nitrogen and oxygen atoms in total. The summed E-state index contributed by atoms with van der Waals surface area (Å²) in [7, 11) is -1.60. The van der Waals surface area contributed by atoms with Gasteiger partial charge in [0.2, 0.25) is 10.0 Å². The lowest BCUT2D eigenvalue weighted by molar-refractivity contribution is 0.144. The Hall–Kier alpha value is -1.62. The van der Waals surface area contributed by atoms with Gasteiger partial charge in [-0.3, -0.25) is 0 Å². The molecule has 114 valence electrons. The van der Waals surface area contributed by atoms with E-state index >= 15 is 0 Å². The molecule has 0 amide bonds. The van der Waals surface area contributed by atoms with E-state index in [-0.39, 0.29) is 16.6 Å². The van der Waals surface area contributed by atoms with E-state index in [0.29, 0.717) is 25.2 Å². The number of piperazine rings is 1. The molecule has 2 N–H and O–H groups in total. The molecule has 0 spiro atoms. The lowest BCUT2D eigenvalue weighted by Gasteiger charge is -2.38. The Morgan fingerprint density at radius 1 is 1.43 bits per heavy atom. The number of benzene rings is 1. The van der Waals surface area contributed by atoms with Crippen LogP contribution in [-0.4, -0.2) is 50.3 Å². The van der Waals surface area contributed by atoms with Crippen molar-refractivity contribution in [2.24, 2.45) is 0 Å². The van der Waals surface area contributed by atoms with Gasteiger partial charge in [-0.2, -0.15) is 9.57 Å². The Morgan fingerprint density at radius 2 is 2.14 bits per heavy atom. The van der Waals surface area contributed by atoms with Crippen LogP contribution in [0.15, 0.2) is 23.1 Å². The second kappa shape index (κ2) is 6.02. The van der Waals surface area contributed by atoms with Crippen LogP contribution >= 0.6 is 0 Å². The number of likely N-dealkylation sites (N-methyl/N-ethyl adjacent to an activating group) is 1. The largest absolute Gasteiger partial charge is 0.398 e. The summed E-state index contributed by atoms with van der Waals surface area (Å²) in [5.41, 5.74) is 6.30. The lowest BCUT2D eigenvalue weighted by Crippen LogP contribution is -2.52. The average molecular weight is 308 g/mol. The molecule has 0 bridgehead atoms. The Bertz CT molecular complexity index is 666. The van der Waals surface area contributed by atoms with Gasteiger partial charge in [0.25, 0.3) is 0 Å². The van der Waals surface area contributed by atoms with E-state index in [9.17, 15) is 8.42 Å². The number of rotatable bonds is 3. The van der Waals surface area contributed by atoms with Crippen LogP contribution < -0.4 is 5.73 Å². The highest BCUT2D eigenvalue weighted by atomic mass is 32.2. The molecule has 1 fully saturated rings. The third kappa shape index (κ3) is 3.02. The molecule has 1 unspecified atom stereocenters. The molecule has 1 saturated heterocycles. The van der Waals surface area contributed by atoms with Gasteiger partial charge in [0, 0.05) is 25.7 Å². The number of nitriles is 1. The quantitative estimate of drug-likeness (QED) is 0.836. The first kappa shape index (κ1) is 15.8. The minimum absolute atomic E-state index is 0.0842. The fourth-order valence-corrected chi connectivity index (χ4v) is 4.13. The summed E-state index contributed by atoms with van der Waals surface area (Å²) >= 11 is 0. The minimum Gasteiger partial charge on any atom is -0.398 e. The van der Waals surface area contributed by atoms with Crippen LogP contribution in [-0.2, 0) is 10.0 Å². The molecule has 0 saturated carbocycles. The topological polar surface area (TPSA) is 90.4 Å². The zero-order valence-corrected chi connectivity index (χ0v) is 13.1. The normalized spacial score (nSPS) is 21.1.